The minimum atomic E-state index is 0.551. The van der Waals surface area contributed by atoms with Crippen LogP contribution in [-0.4, -0.2) is 19.1 Å². The molecule has 16 heavy (non-hydrogen) atoms. The summed E-state index contributed by atoms with van der Waals surface area (Å²) >= 11 is 0. The fourth-order valence-corrected chi connectivity index (χ4v) is 1.70. The van der Waals surface area contributed by atoms with Gasteiger partial charge in [0.2, 0.25) is 0 Å². The smallest absolute Gasteiger partial charge is 0.0366 e. The summed E-state index contributed by atoms with van der Waals surface area (Å²) in [6.45, 7) is 5.43. The molecule has 1 aromatic carbocycles. The zero-order valence-electron chi connectivity index (χ0n) is 10.5. The van der Waals surface area contributed by atoms with Crippen molar-refractivity contribution in [2.45, 2.75) is 45.3 Å². The predicted molar refractivity (Wildman–Crippen MR) is 69.8 cm³/mol. The summed E-state index contributed by atoms with van der Waals surface area (Å²) < 4.78 is 0. The average molecular weight is 218 g/mol. The third-order valence-electron chi connectivity index (χ3n) is 3.29. The Bertz CT molecular complexity index is 325. The molecule has 1 saturated carbocycles. The van der Waals surface area contributed by atoms with E-state index in [-0.39, 0.29) is 0 Å². The third kappa shape index (κ3) is 2.99. The lowest BCUT2D eigenvalue weighted by Gasteiger charge is -2.23. The van der Waals surface area contributed by atoms with Crippen molar-refractivity contribution < 1.29 is 0 Å². The summed E-state index contributed by atoms with van der Waals surface area (Å²) in [6, 6.07) is 10.2. The number of rotatable bonds is 5. The molecular weight excluding hydrogens is 196 g/mol. The fraction of sp³-hybridized carbons (Fsp3) is 0.571. The van der Waals surface area contributed by atoms with Gasteiger partial charge in [0, 0.05) is 31.4 Å². The molecule has 0 unspecified atom stereocenters. The van der Waals surface area contributed by atoms with E-state index < -0.39 is 0 Å². The number of nitrogens with one attached hydrogen (secondary N) is 1. The molecule has 1 N–H and O–H groups in total. The molecule has 0 atom stereocenters. The van der Waals surface area contributed by atoms with Gasteiger partial charge in [0.05, 0.1) is 0 Å². The van der Waals surface area contributed by atoms with Gasteiger partial charge in [-0.3, -0.25) is 0 Å². The second-order valence-electron chi connectivity index (χ2n) is 5.03. The van der Waals surface area contributed by atoms with Crippen molar-refractivity contribution in [3.05, 3.63) is 29.8 Å². The van der Waals surface area contributed by atoms with E-state index in [9.17, 15) is 0 Å². The molecule has 2 heteroatoms. The quantitative estimate of drug-likeness (QED) is 0.817. The van der Waals surface area contributed by atoms with E-state index in [0.29, 0.717) is 6.04 Å². The molecule has 0 aromatic heterocycles. The van der Waals surface area contributed by atoms with E-state index in [1.165, 1.54) is 24.1 Å². The van der Waals surface area contributed by atoms with Crippen LogP contribution in [0.25, 0.3) is 0 Å². The number of hydrogen-bond acceptors (Lipinski definition) is 2. The first-order valence-corrected chi connectivity index (χ1v) is 6.22. The van der Waals surface area contributed by atoms with Crippen LogP contribution < -0.4 is 10.2 Å². The zero-order valence-corrected chi connectivity index (χ0v) is 10.5. The van der Waals surface area contributed by atoms with Gasteiger partial charge in [-0.05, 0) is 44.4 Å². The summed E-state index contributed by atoms with van der Waals surface area (Å²) in [6.07, 6.45) is 2.71. The van der Waals surface area contributed by atoms with Crippen molar-refractivity contribution in [2.75, 3.05) is 11.9 Å². The van der Waals surface area contributed by atoms with Crippen molar-refractivity contribution in [3.8, 4) is 0 Å². The van der Waals surface area contributed by atoms with Crippen LogP contribution in [-0.2, 0) is 6.54 Å². The first kappa shape index (κ1) is 11.5. The van der Waals surface area contributed by atoms with Crippen molar-refractivity contribution in [1.82, 2.24) is 5.32 Å². The van der Waals surface area contributed by atoms with Gasteiger partial charge in [-0.1, -0.05) is 12.1 Å². The van der Waals surface area contributed by atoms with Gasteiger partial charge in [0.25, 0.3) is 0 Å². The van der Waals surface area contributed by atoms with Gasteiger partial charge < -0.3 is 10.2 Å². The number of hydrogen-bond donors (Lipinski definition) is 1. The van der Waals surface area contributed by atoms with Crippen molar-refractivity contribution >= 4 is 5.69 Å². The van der Waals surface area contributed by atoms with E-state index >= 15 is 0 Å². The number of benzene rings is 1. The fourth-order valence-electron chi connectivity index (χ4n) is 1.70. The van der Waals surface area contributed by atoms with Gasteiger partial charge in [0.15, 0.2) is 0 Å². The van der Waals surface area contributed by atoms with Crippen LogP contribution in [0.2, 0.25) is 0 Å². The number of anilines is 1. The Balaban J connectivity index is 1.92. The Hall–Kier alpha value is -1.02. The third-order valence-corrected chi connectivity index (χ3v) is 3.29. The van der Waals surface area contributed by atoms with Crippen LogP contribution in [0.15, 0.2) is 24.3 Å². The van der Waals surface area contributed by atoms with Gasteiger partial charge in [-0.25, -0.2) is 0 Å². The molecule has 1 aliphatic rings. The molecule has 1 aliphatic carbocycles. The topological polar surface area (TPSA) is 15.3 Å². The largest absolute Gasteiger partial charge is 0.372 e. The minimum Gasteiger partial charge on any atom is -0.372 e. The van der Waals surface area contributed by atoms with Crippen LogP contribution in [0.5, 0.6) is 0 Å². The van der Waals surface area contributed by atoms with Crippen molar-refractivity contribution in [3.63, 3.8) is 0 Å². The van der Waals surface area contributed by atoms with Crippen molar-refractivity contribution in [2.24, 2.45) is 0 Å². The van der Waals surface area contributed by atoms with Crippen LogP contribution in [0, 0.1) is 0 Å². The maximum absolute atomic E-state index is 3.53. The molecule has 0 bridgehead atoms. The highest BCUT2D eigenvalue weighted by Crippen LogP contribution is 2.20. The van der Waals surface area contributed by atoms with Crippen LogP contribution in [0.4, 0.5) is 5.69 Å². The molecule has 2 rings (SSSR count). The summed E-state index contributed by atoms with van der Waals surface area (Å²) in [4.78, 5) is 2.29. The Kier molecular flexibility index (Phi) is 3.49. The van der Waals surface area contributed by atoms with E-state index in [1.807, 2.05) is 0 Å². The first-order chi connectivity index (χ1) is 7.66. The van der Waals surface area contributed by atoms with Crippen LogP contribution in [0.1, 0.15) is 32.3 Å². The SMILES string of the molecule is CC(C)N(C)c1ccc(CNC2CC2)cc1. The first-order valence-electron chi connectivity index (χ1n) is 6.22. The predicted octanol–water partition coefficient (Wildman–Crippen LogP) is 2.78. The molecule has 0 radical (unpaired) electrons. The molecular formula is C14H22N2. The summed E-state index contributed by atoms with van der Waals surface area (Å²) in [7, 11) is 2.14. The Morgan fingerprint density at radius 2 is 1.88 bits per heavy atom. The Labute approximate surface area is 98.7 Å². The normalized spacial score (nSPS) is 15.5. The maximum Gasteiger partial charge on any atom is 0.0366 e. The van der Waals surface area contributed by atoms with Crippen LogP contribution >= 0.6 is 0 Å². The molecule has 88 valence electrons. The highest BCUT2D eigenvalue weighted by molar-refractivity contribution is 5.47. The molecule has 0 heterocycles. The van der Waals surface area contributed by atoms with E-state index in [2.05, 4.69) is 55.4 Å². The second-order valence-corrected chi connectivity index (χ2v) is 5.03. The summed E-state index contributed by atoms with van der Waals surface area (Å²) in [5.41, 5.74) is 2.68. The van der Waals surface area contributed by atoms with Gasteiger partial charge in [0.1, 0.15) is 0 Å². The Morgan fingerprint density at radius 3 is 2.38 bits per heavy atom. The lowest BCUT2D eigenvalue weighted by molar-refractivity contribution is 0.687. The van der Waals surface area contributed by atoms with Crippen molar-refractivity contribution in [1.29, 1.82) is 0 Å². The molecule has 0 aliphatic heterocycles. The van der Waals surface area contributed by atoms with Gasteiger partial charge in [-0.15, -0.1) is 0 Å². The summed E-state index contributed by atoms with van der Waals surface area (Å²) in [5.74, 6) is 0. The zero-order chi connectivity index (χ0) is 11.5. The number of nitrogens with zero attached hydrogens (tertiary/aromatic N) is 1. The molecule has 1 aromatic rings. The standard InChI is InChI=1S/C14H22N2/c1-11(2)16(3)14-8-4-12(5-9-14)10-15-13-6-7-13/h4-5,8-9,11,13,15H,6-7,10H2,1-3H3. The minimum absolute atomic E-state index is 0.551. The molecule has 0 amide bonds. The van der Waals surface area contributed by atoms with Gasteiger partial charge >= 0.3 is 0 Å². The second kappa shape index (κ2) is 4.88. The maximum atomic E-state index is 3.53. The lowest BCUT2D eigenvalue weighted by atomic mass is 10.2. The highest BCUT2D eigenvalue weighted by atomic mass is 15.1. The van der Waals surface area contributed by atoms with Gasteiger partial charge in [-0.2, -0.15) is 0 Å². The summed E-state index contributed by atoms with van der Waals surface area (Å²) in [5, 5.41) is 3.53. The van der Waals surface area contributed by atoms with E-state index in [0.717, 1.165) is 12.6 Å². The molecule has 0 saturated heterocycles. The molecule has 2 nitrogen and oxygen atoms in total. The van der Waals surface area contributed by atoms with E-state index in [1.54, 1.807) is 0 Å². The van der Waals surface area contributed by atoms with Crippen LogP contribution in [0.3, 0.4) is 0 Å². The average Bonchev–Trinajstić information content (AvgIpc) is 3.10. The lowest BCUT2D eigenvalue weighted by Crippen LogP contribution is -2.25. The Morgan fingerprint density at radius 1 is 1.25 bits per heavy atom. The van der Waals surface area contributed by atoms with E-state index in [4.69, 9.17) is 0 Å². The molecule has 1 fully saturated rings. The monoisotopic (exact) mass is 218 g/mol. The highest BCUT2D eigenvalue weighted by Gasteiger charge is 2.19. The molecule has 0 spiro atoms.